The second kappa shape index (κ2) is 78.5. The number of halogens is 3. The van der Waals surface area contributed by atoms with Crippen LogP contribution in [-0.4, -0.2) is 119 Å². The molecule has 67 heavy (non-hydrogen) atoms. The van der Waals surface area contributed by atoms with Crippen molar-refractivity contribution < 1.29 is 127 Å². The molecular formula is C40H76BBr3NNaO17P2S2-. The molecule has 0 aromatic carbocycles. The number of ether oxygens (including phenoxy) is 5. The zero-order valence-corrected chi connectivity index (χ0v) is 50.4. The fourth-order valence-corrected chi connectivity index (χ4v) is 3.41. The van der Waals surface area contributed by atoms with Gasteiger partial charge < -0.3 is 51.2 Å². The molecule has 1 radical (unpaired) electrons. The van der Waals surface area contributed by atoms with E-state index in [0.29, 0.717) is 44.1 Å². The quantitative estimate of drug-likeness (QED) is 0.0264. The van der Waals surface area contributed by atoms with E-state index in [-0.39, 0.29) is 106 Å². The summed E-state index contributed by atoms with van der Waals surface area (Å²) in [5.74, 6) is -2.17. The van der Waals surface area contributed by atoms with Crippen LogP contribution in [0.4, 0.5) is 0 Å². The number of carbonyl (C=O) groups is 6. The Kier molecular flexibility index (Phi) is 116. The minimum absolute atomic E-state index is 0. The predicted octanol–water partition coefficient (Wildman–Crippen LogP) is 3.65. The smallest absolute Gasteiger partial charge is 1.00 e. The van der Waals surface area contributed by atoms with Crippen molar-refractivity contribution in [3.8, 4) is 0 Å². The van der Waals surface area contributed by atoms with Gasteiger partial charge in [-0.05, 0) is 61.3 Å². The van der Waals surface area contributed by atoms with Crippen LogP contribution in [0.3, 0.4) is 0 Å². The number of aliphatic carboxylic acids is 1. The summed E-state index contributed by atoms with van der Waals surface area (Å²) >= 11 is 9.50. The molecule has 27 heteroatoms. The monoisotopic (exact) mass is 1240 g/mol. The van der Waals surface area contributed by atoms with Gasteiger partial charge in [0.2, 0.25) is 0 Å². The number of hydrogen-bond acceptors (Lipinski definition) is 16. The third kappa shape index (κ3) is 98.7. The van der Waals surface area contributed by atoms with Crippen molar-refractivity contribution in [3.05, 3.63) is 82.5 Å². The molecule has 2 atom stereocenters. The van der Waals surface area contributed by atoms with Crippen LogP contribution in [0.2, 0.25) is 0 Å². The molecule has 0 aromatic rings. The molecule has 0 rings (SSSR count). The summed E-state index contributed by atoms with van der Waals surface area (Å²) in [6.07, 6.45) is 13.5. The molecule has 0 aliphatic heterocycles. The van der Waals surface area contributed by atoms with Crippen LogP contribution in [-0.2, 0) is 62.9 Å². The predicted molar refractivity (Wildman–Crippen MR) is 280 cm³/mol. The number of methoxy groups -OCH3 is 5. The van der Waals surface area contributed by atoms with Gasteiger partial charge in [-0.1, -0.05) is 110 Å². The van der Waals surface area contributed by atoms with Gasteiger partial charge in [-0.3, -0.25) is 9.11 Å². The van der Waals surface area contributed by atoms with Gasteiger partial charge in [-0.2, -0.15) is 8.42 Å². The van der Waals surface area contributed by atoms with Crippen molar-refractivity contribution in [2.24, 2.45) is 4.30 Å². The first-order valence-electron chi connectivity index (χ1n) is 17.6. The second-order valence-corrected chi connectivity index (χ2v) is 12.3. The summed E-state index contributed by atoms with van der Waals surface area (Å²) in [6.45, 7) is 19.4. The largest absolute Gasteiger partial charge is 1.00 e. The molecule has 0 bridgehead atoms. The summed E-state index contributed by atoms with van der Waals surface area (Å²) < 4.78 is 62.6. The number of thiol groups is 1. The van der Waals surface area contributed by atoms with E-state index in [2.05, 4.69) is 95.8 Å². The van der Waals surface area contributed by atoms with Gasteiger partial charge in [0.25, 0.3) is 0 Å². The number of carbonyl (C=O) groups excluding carboxylic acids is 5. The first kappa shape index (κ1) is 98.7. The molecule has 0 fully saturated rings. The fourth-order valence-electron chi connectivity index (χ4n) is 2.37. The molecule has 0 aliphatic rings. The Morgan fingerprint density at radius 1 is 0.716 bits per heavy atom. The Morgan fingerprint density at radius 2 is 0.985 bits per heavy atom. The Morgan fingerprint density at radius 3 is 1.15 bits per heavy atom. The normalized spacial score (nSPS) is 10.2. The van der Waals surface area contributed by atoms with Crippen LogP contribution in [0.1, 0.15) is 90.0 Å². The Hall–Kier alpha value is -1.66. The Labute approximate surface area is 463 Å². The standard InChI is InChI=1S/C7H12O2.C7H10O2.2C6H9BrO2.2C6H10O2.2CH4.BHNS.BrH.Na.H2O4S.H2O.H4P2/c2*1-4-5-6(2)7(8)9-3;1-5(3-4-7)6(8)9-2;1-3-5(4-7)6(8)9-2;1-4-5(2)6(7)8-3;1-3-4-5(2)6(7)8;;;1-2-3;;;1-5(2,3)4;;1-2/h5H,4H2,1-3H3;4-5H,1H2,2-3H3;2*3H,4H2,1-2H3;4H,1-3H3;4H,3H2,1-2H3,(H,7,8);2*1H4;3H;1H;;(H2,1,2,3,4);1H2;1-2H2/q;;;;;;;;;;+1;;;/p-2/b2*6-5+;2*5-3+;2*5-4+;;;;;;;;/i;;;;;;;;;;;;;1T. The van der Waals surface area contributed by atoms with Gasteiger partial charge >= 0.3 is 101 Å². The first-order valence-corrected chi connectivity index (χ1v) is 23.5. The van der Waals surface area contributed by atoms with Crippen LogP contribution >= 0.6 is 62.5 Å². The molecule has 0 saturated heterocycles. The van der Waals surface area contributed by atoms with E-state index in [4.69, 9.17) is 23.9 Å². The topological polar surface area (TPSA) is 286 Å². The van der Waals surface area contributed by atoms with Crippen molar-refractivity contribution in [1.29, 1.82) is 1.28 Å². The van der Waals surface area contributed by atoms with Crippen molar-refractivity contribution in [2.75, 3.05) is 46.2 Å². The third-order valence-electron chi connectivity index (χ3n) is 5.51. The van der Waals surface area contributed by atoms with Crippen molar-refractivity contribution in [3.63, 3.8) is 0 Å². The van der Waals surface area contributed by atoms with Gasteiger partial charge in [0, 0.05) is 44.1 Å². The van der Waals surface area contributed by atoms with Crippen molar-refractivity contribution in [1.82, 2.24) is 0 Å². The zero-order valence-electron chi connectivity index (χ0n) is 40.8. The molecular weight excluding hydrogens is 1170 g/mol. The minimum Gasteiger partial charge on any atom is -1.00 e. The number of rotatable bonds is 11. The second-order valence-electron chi connectivity index (χ2n) is 9.96. The number of carboxylic acids is 1. The van der Waals surface area contributed by atoms with Gasteiger partial charge in [0.05, 0.1) is 36.8 Å². The maximum absolute atomic E-state index is 10.7. The van der Waals surface area contributed by atoms with E-state index < -0.39 is 16.4 Å². The van der Waals surface area contributed by atoms with Crippen LogP contribution in [0.25, 0.3) is 0 Å². The maximum Gasteiger partial charge on any atom is 1.00 e. The molecule has 4 N–H and O–H groups in total. The first-order chi connectivity index (χ1) is 29.1. The number of carboxylic acid groups (broad SMARTS) is 1. The Bertz CT molecular complexity index is 1550. The summed E-state index contributed by atoms with van der Waals surface area (Å²) in [5, 5.41) is 9.49. The number of esters is 5. The van der Waals surface area contributed by atoms with Crippen LogP contribution < -0.4 is 46.5 Å². The molecule has 18 nitrogen and oxygen atoms in total. The SMILES string of the molecule is C.C.C/C=C(\C)C(=O)OC.C/C=C(\CBr)C(=O)OC.C=C/C=C(\C)C(=O)OC.CC/C=C(\C)C(=O)O.CC/C=C(\C)C(=O)OC.COC(=O)/C(C)=C/CBr.O=S(=O)(O)O.[3H]PP.[B]=NS.[Br-].[Na+].[OH-]. The Balaban J connectivity index is -0.0000000405. The van der Waals surface area contributed by atoms with Crippen LogP contribution in [0, 0.1) is 0 Å². The van der Waals surface area contributed by atoms with E-state index >= 15 is 0 Å². The number of alkyl halides is 2. The molecule has 0 aliphatic carbocycles. The third-order valence-corrected chi connectivity index (χ3v) is 6.44. The molecule has 0 heterocycles. The van der Waals surface area contributed by atoms with Crippen molar-refractivity contribution >= 4 is 116 Å². The average Bonchev–Trinajstić information content (AvgIpc) is 3.23. The zero-order chi connectivity index (χ0) is 52.2. The molecule has 2 unspecified atom stereocenters. The van der Waals surface area contributed by atoms with E-state index in [0.717, 1.165) is 12.8 Å². The molecule has 0 saturated carbocycles. The summed E-state index contributed by atoms with van der Waals surface area (Å²) in [5.41, 5.74) is 3.60. The molecule has 391 valence electrons. The minimum atomic E-state index is -4.67. The number of hydrogen-bond donors (Lipinski definition) is 4. The number of nitrogens with zero attached hydrogens (tertiary/aromatic N) is 1. The number of allylic oxidation sites excluding steroid dienone is 7. The van der Waals surface area contributed by atoms with Crippen LogP contribution in [0.5, 0.6) is 0 Å². The van der Waals surface area contributed by atoms with Crippen molar-refractivity contribution in [2.45, 2.75) is 90.0 Å². The average molecular weight is 1240 g/mol. The van der Waals surface area contributed by atoms with Gasteiger partial charge in [-0.15, -0.1) is 17.8 Å². The van der Waals surface area contributed by atoms with Gasteiger partial charge in [0.1, 0.15) is 0 Å². The summed E-state index contributed by atoms with van der Waals surface area (Å²) in [4.78, 5) is 62.9. The van der Waals surface area contributed by atoms with E-state index in [1.807, 2.05) is 19.9 Å². The molecule has 0 spiro atoms. The van der Waals surface area contributed by atoms with E-state index in [1.165, 1.54) is 35.5 Å². The summed E-state index contributed by atoms with van der Waals surface area (Å²) in [7, 11) is 9.04. The molecule has 0 aromatic heterocycles. The maximum atomic E-state index is 10.7. The van der Waals surface area contributed by atoms with E-state index in [1.54, 1.807) is 84.9 Å². The molecule has 0 amide bonds. The fraction of sp³-hybridized carbons (Fsp3) is 0.500. The van der Waals surface area contributed by atoms with E-state index in [9.17, 15) is 28.8 Å². The summed E-state index contributed by atoms with van der Waals surface area (Å²) in [6, 6.07) is 0. The van der Waals surface area contributed by atoms with Crippen LogP contribution in [0.15, 0.2) is 86.9 Å². The van der Waals surface area contributed by atoms with Gasteiger partial charge in [0.15, 0.2) is 0 Å². The van der Waals surface area contributed by atoms with Gasteiger partial charge in [-0.25, -0.2) is 28.8 Å².